The second-order valence-corrected chi connectivity index (χ2v) is 8.26. The summed E-state index contributed by atoms with van der Waals surface area (Å²) in [7, 11) is 0. The Morgan fingerprint density at radius 2 is 2.00 bits per heavy atom. The molecule has 0 aliphatic carbocycles. The SMILES string of the molecule is Cc1ccccc1[C@@H]1CC(=O)NC(SCC(=O)Nc2ccc(Br)cc2)=C1C#N. The number of hydrogen-bond acceptors (Lipinski definition) is 4. The monoisotopic (exact) mass is 455 g/mol. The molecule has 0 aromatic heterocycles. The summed E-state index contributed by atoms with van der Waals surface area (Å²) in [5.74, 6) is -0.554. The van der Waals surface area contributed by atoms with E-state index in [9.17, 15) is 14.9 Å². The summed E-state index contributed by atoms with van der Waals surface area (Å²) in [6.45, 7) is 1.97. The van der Waals surface area contributed by atoms with E-state index in [1.54, 1.807) is 12.1 Å². The van der Waals surface area contributed by atoms with Gasteiger partial charge in [0.05, 0.1) is 22.4 Å². The van der Waals surface area contributed by atoms with Crippen LogP contribution in [0.4, 0.5) is 5.69 Å². The van der Waals surface area contributed by atoms with Crippen LogP contribution in [0.15, 0.2) is 63.6 Å². The molecule has 2 N–H and O–H groups in total. The van der Waals surface area contributed by atoms with Gasteiger partial charge in [0.1, 0.15) is 0 Å². The summed E-state index contributed by atoms with van der Waals surface area (Å²) < 4.78 is 0.927. The van der Waals surface area contributed by atoms with Crippen molar-refractivity contribution < 1.29 is 9.59 Å². The van der Waals surface area contributed by atoms with Crippen molar-refractivity contribution in [3.8, 4) is 6.07 Å². The van der Waals surface area contributed by atoms with Crippen molar-refractivity contribution in [2.75, 3.05) is 11.1 Å². The van der Waals surface area contributed by atoms with E-state index in [-0.39, 0.29) is 29.9 Å². The predicted molar refractivity (Wildman–Crippen MR) is 115 cm³/mol. The first-order valence-corrected chi connectivity index (χ1v) is 10.4. The maximum Gasteiger partial charge on any atom is 0.234 e. The molecular weight excluding hydrogens is 438 g/mol. The minimum absolute atomic E-state index is 0.0946. The minimum atomic E-state index is -0.294. The van der Waals surface area contributed by atoms with Crippen LogP contribution in [0.3, 0.4) is 0 Å². The first-order valence-electron chi connectivity index (χ1n) is 8.66. The molecule has 0 saturated carbocycles. The molecule has 0 bridgehead atoms. The van der Waals surface area contributed by atoms with Gasteiger partial charge in [-0.3, -0.25) is 9.59 Å². The Morgan fingerprint density at radius 3 is 2.68 bits per heavy atom. The number of benzene rings is 2. The molecule has 0 fully saturated rings. The van der Waals surface area contributed by atoms with Crippen molar-refractivity contribution in [2.24, 2.45) is 0 Å². The third-order valence-electron chi connectivity index (χ3n) is 4.40. The summed E-state index contributed by atoms with van der Waals surface area (Å²) >= 11 is 4.52. The van der Waals surface area contributed by atoms with Crippen LogP contribution in [0, 0.1) is 18.3 Å². The van der Waals surface area contributed by atoms with Crippen LogP contribution in [0.5, 0.6) is 0 Å². The fourth-order valence-electron chi connectivity index (χ4n) is 3.04. The van der Waals surface area contributed by atoms with E-state index in [4.69, 9.17) is 0 Å². The van der Waals surface area contributed by atoms with Gasteiger partial charge in [0.25, 0.3) is 0 Å². The smallest absolute Gasteiger partial charge is 0.234 e. The maximum absolute atomic E-state index is 12.3. The van der Waals surface area contributed by atoms with E-state index >= 15 is 0 Å². The average molecular weight is 456 g/mol. The molecule has 1 heterocycles. The fourth-order valence-corrected chi connectivity index (χ4v) is 4.19. The van der Waals surface area contributed by atoms with Crippen LogP contribution < -0.4 is 10.6 Å². The molecule has 2 aromatic rings. The fraction of sp³-hybridized carbons (Fsp3) is 0.190. The summed E-state index contributed by atoms with van der Waals surface area (Å²) in [5, 5.41) is 15.7. The molecule has 1 atom stereocenters. The van der Waals surface area contributed by atoms with Gasteiger partial charge < -0.3 is 10.6 Å². The number of allylic oxidation sites excluding steroid dienone is 1. The molecule has 3 rings (SSSR count). The standard InChI is InChI=1S/C21H18BrN3O2S/c1-13-4-2-3-5-16(13)17-10-19(26)25-21(18(17)11-23)28-12-20(27)24-15-8-6-14(22)7-9-15/h2-9,17H,10,12H2,1H3,(H,24,27)(H,25,26)/t17-/m0/s1. The first-order chi connectivity index (χ1) is 13.5. The van der Waals surface area contributed by atoms with Gasteiger partial charge in [-0.1, -0.05) is 52.0 Å². The minimum Gasteiger partial charge on any atom is -0.325 e. The second-order valence-electron chi connectivity index (χ2n) is 6.36. The zero-order chi connectivity index (χ0) is 20.1. The van der Waals surface area contributed by atoms with Crippen molar-refractivity contribution in [3.05, 3.63) is 74.7 Å². The Kier molecular flexibility index (Phi) is 6.55. The van der Waals surface area contributed by atoms with Crippen molar-refractivity contribution in [2.45, 2.75) is 19.3 Å². The number of nitrogens with zero attached hydrogens (tertiary/aromatic N) is 1. The van der Waals surface area contributed by atoms with Gasteiger partial charge in [-0.15, -0.1) is 0 Å². The highest BCUT2D eigenvalue weighted by Crippen LogP contribution is 2.37. The molecule has 0 spiro atoms. The second kappa shape index (κ2) is 9.09. The number of nitrogens with one attached hydrogen (secondary N) is 2. The molecule has 28 heavy (non-hydrogen) atoms. The van der Waals surface area contributed by atoms with E-state index in [1.807, 2.05) is 43.3 Å². The van der Waals surface area contributed by atoms with E-state index < -0.39 is 0 Å². The van der Waals surface area contributed by atoms with Gasteiger partial charge in [0.2, 0.25) is 11.8 Å². The predicted octanol–water partition coefficient (Wildman–Crippen LogP) is 4.47. The van der Waals surface area contributed by atoms with Crippen LogP contribution in [-0.2, 0) is 9.59 Å². The van der Waals surface area contributed by atoms with Crippen LogP contribution in [0.1, 0.15) is 23.5 Å². The Hall–Kier alpha value is -2.56. The number of nitriles is 1. The molecule has 2 aromatic carbocycles. The Bertz CT molecular complexity index is 980. The lowest BCUT2D eigenvalue weighted by atomic mass is 9.85. The summed E-state index contributed by atoms with van der Waals surface area (Å²) in [6.07, 6.45) is 0.225. The average Bonchev–Trinajstić information content (AvgIpc) is 2.68. The lowest BCUT2D eigenvalue weighted by Crippen LogP contribution is -2.31. The lowest BCUT2D eigenvalue weighted by molar-refractivity contribution is -0.121. The summed E-state index contributed by atoms with van der Waals surface area (Å²) in [6, 6.07) is 17.3. The normalized spacial score (nSPS) is 16.3. The number of rotatable bonds is 5. The van der Waals surface area contributed by atoms with Crippen LogP contribution >= 0.6 is 27.7 Å². The highest BCUT2D eigenvalue weighted by atomic mass is 79.9. The van der Waals surface area contributed by atoms with Crippen molar-refractivity contribution in [1.29, 1.82) is 5.26 Å². The van der Waals surface area contributed by atoms with Crippen LogP contribution in [0.2, 0.25) is 0 Å². The van der Waals surface area contributed by atoms with Gasteiger partial charge in [0.15, 0.2) is 0 Å². The molecule has 2 amide bonds. The third kappa shape index (κ3) is 4.83. The Labute approximate surface area is 176 Å². The molecule has 5 nitrogen and oxygen atoms in total. The van der Waals surface area contributed by atoms with Gasteiger partial charge >= 0.3 is 0 Å². The largest absolute Gasteiger partial charge is 0.325 e. The van der Waals surface area contributed by atoms with Gasteiger partial charge in [-0.05, 0) is 42.3 Å². The molecule has 0 saturated heterocycles. The molecule has 0 radical (unpaired) electrons. The zero-order valence-electron chi connectivity index (χ0n) is 15.2. The molecule has 1 aliphatic rings. The highest BCUT2D eigenvalue weighted by molar-refractivity contribution is 9.10. The third-order valence-corrected chi connectivity index (χ3v) is 5.94. The molecule has 1 aliphatic heterocycles. The number of anilines is 1. The maximum atomic E-state index is 12.3. The number of carbonyl (C=O) groups excluding carboxylic acids is 2. The highest BCUT2D eigenvalue weighted by Gasteiger charge is 2.30. The number of amides is 2. The Morgan fingerprint density at radius 1 is 1.29 bits per heavy atom. The number of halogens is 1. The lowest BCUT2D eigenvalue weighted by Gasteiger charge is -2.26. The van der Waals surface area contributed by atoms with E-state index in [1.165, 1.54) is 11.8 Å². The number of thioether (sulfide) groups is 1. The van der Waals surface area contributed by atoms with Gasteiger partial charge in [-0.25, -0.2) is 0 Å². The van der Waals surface area contributed by atoms with Crippen molar-refractivity contribution in [1.82, 2.24) is 5.32 Å². The Balaban J connectivity index is 1.76. The topological polar surface area (TPSA) is 82.0 Å². The quantitative estimate of drug-likeness (QED) is 0.696. The van der Waals surface area contributed by atoms with Crippen LogP contribution in [0.25, 0.3) is 0 Å². The molecule has 7 heteroatoms. The van der Waals surface area contributed by atoms with E-state index in [0.717, 1.165) is 15.6 Å². The zero-order valence-corrected chi connectivity index (χ0v) is 17.6. The summed E-state index contributed by atoms with van der Waals surface area (Å²) in [5.41, 5.74) is 3.18. The van der Waals surface area contributed by atoms with Gasteiger partial charge in [-0.2, -0.15) is 5.26 Å². The first kappa shape index (κ1) is 20.2. The van der Waals surface area contributed by atoms with E-state index in [2.05, 4.69) is 32.6 Å². The van der Waals surface area contributed by atoms with Gasteiger partial charge in [0, 0.05) is 22.5 Å². The molecule has 0 unspecified atom stereocenters. The number of aryl methyl sites for hydroxylation is 1. The van der Waals surface area contributed by atoms with Crippen LogP contribution in [-0.4, -0.2) is 17.6 Å². The number of hydrogen-bond donors (Lipinski definition) is 2. The molecule has 142 valence electrons. The van der Waals surface area contributed by atoms with Crippen molar-refractivity contribution >= 4 is 45.2 Å². The summed E-state index contributed by atoms with van der Waals surface area (Å²) in [4.78, 5) is 24.5. The molecular formula is C21H18BrN3O2S. The van der Waals surface area contributed by atoms with E-state index in [0.29, 0.717) is 16.3 Å². The number of carbonyl (C=O) groups is 2. The van der Waals surface area contributed by atoms with Crippen molar-refractivity contribution in [3.63, 3.8) is 0 Å².